The summed E-state index contributed by atoms with van der Waals surface area (Å²) in [6.45, 7) is 3.62. The first-order chi connectivity index (χ1) is 22.1. The van der Waals surface area contributed by atoms with Crippen LogP contribution in [0.1, 0.15) is 28.4 Å². The van der Waals surface area contributed by atoms with Gasteiger partial charge >= 0.3 is 0 Å². The molecule has 9 nitrogen and oxygen atoms in total. The van der Waals surface area contributed by atoms with Crippen molar-refractivity contribution < 1.29 is 28.6 Å². The molecule has 1 unspecified atom stereocenters. The van der Waals surface area contributed by atoms with Crippen molar-refractivity contribution in [1.29, 1.82) is 0 Å². The van der Waals surface area contributed by atoms with Gasteiger partial charge in [0.15, 0.2) is 0 Å². The molecule has 0 aliphatic carbocycles. The number of halogens is 1. The number of rotatable bonds is 12. The summed E-state index contributed by atoms with van der Waals surface area (Å²) in [5, 5.41) is 8.54. The van der Waals surface area contributed by atoms with Gasteiger partial charge in [-0.25, -0.2) is 0 Å². The Balaban J connectivity index is 1.54. The molecule has 4 aromatic rings. The van der Waals surface area contributed by atoms with Crippen LogP contribution in [0.25, 0.3) is 6.08 Å². The number of ether oxygens (including phenoxy) is 3. The molecule has 0 radical (unpaired) electrons. The van der Waals surface area contributed by atoms with E-state index in [9.17, 15) is 14.4 Å². The minimum Gasteiger partial charge on any atom is -0.497 e. The number of anilines is 2. The van der Waals surface area contributed by atoms with Gasteiger partial charge in [-0.3, -0.25) is 14.4 Å². The first-order valence-corrected chi connectivity index (χ1v) is 15.4. The Labute approximate surface area is 277 Å². The summed E-state index contributed by atoms with van der Waals surface area (Å²) in [7, 11) is 4.55. The highest BCUT2D eigenvalue weighted by molar-refractivity contribution is 8.00. The lowest BCUT2D eigenvalue weighted by molar-refractivity contribution is -0.115. The minimum atomic E-state index is -0.563. The zero-order valence-electron chi connectivity index (χ0n) is 26.0. The number of thioether (sulfide) groups is 1. The van der Waals surface area contributed by atoms with Crippen molar-refractivity contribution in [3.63, 3.8) is 0 Å². The number of carbonyl (C=O) groups excluding carboxylic acids is 3. The number of aryl methyl sites for hydroxylation is 1. The molecule has 11 heteroatoms. The molecule has 46 heavy (non-hydrogen) atoms. The van der Waals surface area contributed by atoms with Crippen LogP contribution in [-0.2, 0) is 9.59 Å². The lowest BCUT2D eigenvalue weighted by Crippen LogP contribution is -2.30. The van der Waals surface area contributed by atoms with Gasteiger partial charge in [-0.1, -0.05) is 35.9 Å². The molecule has 4 rings (SSSR count). The number of nitrogens with one attached hydrogen (secondary N) is 3. The molecule has 0 fully saturated rings. The average molecular weight is 660 g/mol. The summed E-state index contributed by atoms with van der Waals surface area (Å²) in [5.41, 5.74) is 2.69. The third kappa shape index (κ3) is 8.83. The Morgan fingerprint density at radius 2 is 1.57 bits per heavy atom. The Morgan fingerprint density at radius 3 is 2.26 bits per heavy atom. The molecule has 0 saturated carbocycles. The van der Waals surface area contributed by atoms with Crippen LogP contribution in [0.4, 0.5) is 11.4 Å². The average Bonchev–Trinajstić information content (AvgIpc) is 3.06. The Kier molecular flexibility index (Phi) is 11.7. The van der Waals surface area contributed by atoms with E-state index in [1.807, 2.05) is 13.0 Å². The number of benzene rings is 4. The fraction of sp³-hybridized carbons (Fsp3) is 0.171. The predicted octanol–water partition coefficient (Wildman–Crippen LogP) is 7.20. The van der Waals surface area contributed by atoms with E-state index in [1.54, 1.807) is 85.8 Å². The maximum absolute atomic E-state index is 13.6. The normalized spacial score (nSPS) is 11.7. The quantitative estimate of drug-likeness (QED) is 0.109. The van der Waals surface area contributed by atoms with Gasteiger partial charge in [-0.05, 0) is 80.1 Å². The van der Waals surface area contributed by atoms with Crippen molar-refractivity contribution in [3.05, 3.63) is 112 Å². The summed E-state index contributed by atoms with van der Waals surface area (Å²) >= 11 is 7.51. The summed E-state index contributed by atoms with van der Waals surface area (Å²) in [4.78, 5) is 40.5. The smallest absolute Gasteiger partial charge is 0.272 e. The van der Waals surface area contributed by atoms with Gasteiger partial charge in [0.1, 0.15) is 22.9 Å². The molecular formula is C35H34ClN3O6S. The van der Waals surface area contributed by atoms with Crippen molar-refractivity contribution in [3.8, 4) is 17.2 Å². The van der Waals surface area contributed by atoms with E-state index in [2.05, 4.69) is 16.0 Å². The van der Waals surface area contributed by atoms with Crippen LogP contribution in [-0.4, -0.2) is 44.3 Å². The standard InChI is InChI=1S/C35H34ClN3O6S/c1-21-16-29(32(45-5)20-28(21)36)38-33(40)22(2)46-27-13-9-12-25(19-27)37-35(42)30(39-34(41)23-10-7-6-8-11-23)18-24-17-26(43-3)14-15-31(24)44-4/h6-20,22H,1-5H3,(H,37,42)(H,38,40)(H,39,41)/b30-18+. The second-order valence-corrected chi connectivity index (χ2v) is 11.8. The third-order valence-electron chi connectivity index (χ3n) is 6.78. The largest absolute Gasteiger partial charge is 0.497 e. The molecule has 0 spiro atoms. The predicted molar refractivity (Wildman–Crippen MR) is 183 cm³/mol. The van der Waals surface area contributed by atoms with Gasteiger partial charge < -0.3 is 30.2 Å². The highest BCUT2D eigenvalue weighted by atomic mass is 35.5. The van der Waals surface area contributed by atoms with Crippen LogP contribution in [0.5, 0.6) is 17.2 Å². The van der Waals surface area contributed by atoms with Crippen molar-refractivity contribution in [2.45, 2.75) is 24.0 Å². The monoisotopic (exact) mass is 659 g/mol. The highest BCUT2D eigenvalue weighted by Crippen LogP contribution is 2.33. The summed E-state index contributed by atoms with van der Waals surface area (Å²) < 4.78 is 16.2. The molecule has 3 N–H and O–H groups in total. The maximum Gasteiger partial charge on any atom is 0.272 e. The number of amides is 3. The zero-order valence-corrected chi connectivity index (χ0v) is 27.5. The molecule has 0 bridgehead atoms. The van der Waals surface area contributed by atoms with Crippen molar-refractivity contribution in [2.24, 2.45) is 0 Å². The maximum atomic E-state index is 13.6. The summed E-state index contributed by atoms with van der Waals surface area (Å²) in [6.07, 6.45) is 1.52. The third-order valence-corrected chi connectivity index (χ3v) is 8.28. The number of hydrogen-bond donors (Lipinski definition) is 3. The summed E-state index contributed by atoms with van der Waals surface area (Å²) in [6, 6.07) is 24.2. The molecular weight excluding hydrogens is 626 g/mol. The molecule has 3 amide bonds. The van der Waals surface area contributed by atoms with E-state index >= 15 is 0 Å². The van der Waals surface area contributed by atoms with Crippen LogP contribution in [0.3, 0.4) is 0 Å². The molecule has 0 heterocycles. The van der Waals surface area contributed by atoms with Gasteiger partial charge in [0.25, 0.3) is 11.8 Å². The van der Waals surface area contributed by atoms with E-state index in [-0.39, 0.29) is 11.6 Å². The van der Waals surface area contributed by atoms with Gasteiger partial charge in [0.05, 0.1) is 32.3 Å². The van der Waals surface area contributed by atoms with Crippen molar-refractivity contribution in [1.82, 2.24) is 5.32 Å². The van der Waals surface area contributed by atoms with Gasteiger partial charge in [-0.2, -0.15) is 0 Å². The lowest BCUT2D eigenvalue weighted by atomic mass is 10.1. The second kappa shape index (κ2) is 15.9. The molecule has 4 aromatic carbocycles. The Morgan fingerprint density at radius 1 is 0.826 bits per heavy atom. The van der Waals surface area contributed by atoms with Crippen LogP contribution in [0, 0.1) is 6.92 Å². The first kappa shape index (κ1) is 34.0. The molecule has 238 valence electrons. The summed E-state index contributed by atoms with van der Waals surface area (Å²) in [5.74, 6) is 0.236. The number of hydrogen-bond acceptors (Lipinski definition) is 7. The van der Waals surface area contributed by atoms with Gasteiger partial charge in [-0.15, -0.1) is 11.8 Å². The highest BCUT2D eigenvalue weighted by Gasteiger charge is 2.19. The van der Waals surface area contributed by atoms with Crippen LogP contribution < -0.4 is 30.2 Å². The fourth-order valence-electron chi connectivity index (χ4n) is 4.32. The van der Waals surface area contributed by atoms with E-state index in [0.29, 0.717) is 44.8 Å². The lowest BCUT2D eigenvalue weighted by Gasteiger charge is -2.16. The van der Waals surface area contributed by atoms with Gasteiger partial charge in [0.2, 0.25) is 5.91 Å². The van der Waals surface area contributed by atoms with Crippen LogP contribution in [0.2, 0.25) is 5.02 Å². The SMILES string of the molecule is COc1ccc(OC)c(/C=C(/NC(=O)c2ccccc2)C(=O)Nc2cccc(SC(C)C(=O)Nc3cc(C)c(Cl)cc3OC)c2)c1. The fourth-order valence-corrected chi connectivity index (χ4v) is 5.40. The first-order valence-electron chi connectivity index (χ1n) is 14.1. The second-order valence-electron chi connectivity index (χ2n) is 10.0. The molecule has 1 atom stereocenters. The topological polar surface area (TPSA) is 115 Å². The molecule has 0 aliphatic rings. The van der Waals surface area contributed by atoms with E-state index in [1.165, 1.54) is 39.2 Å². The van der Waals surface area contributed by atoms with Crippen molar-refractivity contribution in [2.75, 3.05) is 32.0 Å². The Hall–Kier alpha value is -4.93. The number of carbonyl (C=O) groups is 3. The van der Waals surface area contributed by atoms with Gasteiger partial charge in [0, 0.05) is 32.8 Å². The zero-order chi connectivity index (χ0) is 33.2. The number of methoxy groups -OCH3 is 3. The molecule has 0 saturated heterocycles. The van der Waals surface area contributed by atoms with E-state index < -0.39 is 17.1 Å². The minimum absolute atomic E-state index is 0.0154. The van der Waals surface area contributed by atoms with E-state index in [0.717, 1.165) is 10.5 Å². The van der Waals surface area contributed by atoms with E-state index in [4.69, 9.17) is 25.8 Å². The van der Waals surface area contributed by atoms with Crippen molar-refractivity contribution >= 4 is 58.5 Å². The van der Waals surface area contributed by atoms with Crippen LogP contribution >= 0.6 is 23.4 Å². The molecule has 0 aromatic heterocycles. The molecule has 0 aliphatic heterocycles. The van der Waals surface area contributed by atoms with Crippen LogP contribution in [0.15, 0.2) is 95.5 Å². The Bertz CT molecular complexity index is 1760.